The number of nitrogens with one attached hydrogen (secondary N) is 4. The van der Waals surface area contributed by atoms with Gasteiger partial charge in [-0.05, 0) is 35.7 Å². The van der Waals surface area contributed by atoms with Crippen molar-refractivity contribution in [3.63, 3.8) is 0 Å². The molecule has 2 amide bonds. The van der Waals surface area contributed by atoms with Crippen LogP contribution < -0.4 is 16.0 Å². The first-order valence-electron chi connectivity index (χ1n) is 10.6. The van der Waals surface area contributed by atoms with Gasteiger partial charge >= 0.3 is 0 Å². The predicted molar refractivity (Wildman–Crippen MR) is 126 cm³/mol. The van der Waals surface area contributed by atoms with Crippen LogP contribution in [0.2, 0.25) is 0 Å². The molecule has 1 aliphatic rings. The number of nitrogens with zero attached hydrogens (tertiary/aromatic N) is 1. The fourth-order valence-corrected chi connectivity index (χ4v) is 4.85. The SMILES string of the molecule is N#Cc1ccc(CSC2NC(=O)CC(CC(=O)NCCc3c[nH]c4ccccc34)N2)cc1. The van der Waals surface area contributed by atoms with Gasteiger partial charge in [-0.25, -0.2) is 0 Å². The number of hydrogen-bond donors (Lipinski definition) is 4. The molecule has 2 aromatic carbocycles. The van der Waals surface area contributed by atoms with Gasteiger partial charge in [-0.3, -0.25) is 14.9 Å². The van der Waals surface area contributed by atoms with Crippen LogP contribution in [0.25, 0.3) is 10.9 Å². The van der Waals surface area contributed by atoms with Gasteiger partial charge in [-0.1, -0.05) is 30.3 Å². The Morgan fingerprint density at radius 1 is 1.19 bits per heavy atom. The molecule has 2 heterocycles. The standard InChI is InChI=1S/C24H25N5O2S/c25-13-16-5-7-17(8-6-16)15-32-24-28-19(12-23(31)29-24)11-22(30)26-10-9-18-14-27-21-4-2-1-3-20(18)21/h1-8,14,19,24,27-28H,9-12,15H2,(H,26,30)(H,29,31). The van der Waals surface area contributed by atoms with Crippen LogP contribution in [0, 0.1) is 11.3 Å². The van der Waals surface area contributed by atoms with Crippen LogP contribution in [0.1, 0.15) is 29.5 Å². The number of rotatable bonds is 8. The molecule has 1 saturated heterocycles. The van der Waals surface area contributed by atoms with Crippen molar-refractivity contribution in [2.45, 2.75) is 36.6 Å². The number of fused-ring (bicyclic) bond motifs is 1. The summed E-state index contributed by atoms with van der Waals surface area (Å²) in [7, 11) is 0. The number of H-pyrrole nitrogens is 1. The van der Waals surface area contributed by atoms with Gasteiger partial charge in [0, 0.05) is 48.3 Å². The van der Waals surface area contributed by atoms with E-state index in [2.05, 4.69) is 33.1 Å². The van der Waals surface area contributed by atoms with Crippen molar-refractivity contribution in [3.05, 3.63) is 71.4 Å². The molecule has 1 aliphatic heterocycles. The molecule has 7 nitrogen and oxygen atoms in total. The largest absolute Gasteiger partial charge is 0.361 e. The summed E-state index contributed by atoms with van der Waals surface area (Å²) in [6.45, 7) is 0.552. The summed E-state index contributed by atoms with van der Waals surface area (Å²) in [5.74, 6) is 0.568. The van der Waals surface area contributed by atoms with E-state index < -0.39 is 0 Å². The Morgan fingerprint density at radius 2 is 2.00 bits per heavy atom. The number of carbonyl (C=O) groups excluding carboxylic acids is 2. The number of carbonyl (C=O) groups is 2. The van der Waals surface area contributed by atoms with Crippen LogP contribution in [0.5, 0.6) is 0 Å². The first-order chi connectivity index (χ1) is 15.6. The monoisotopic (exact) mass is 447 g/mol. The van der Waals surface area contributed by atoms with E-state index in [0.29, 0.717) is 17.9 Å². The van der Waals surface area contributed by atoms with Gasteiger partial charge in [-0.15, -0.1) is 11.8 Å². The molecule has 0 bridgehead atoms. The normalized spacial score (nSPS) is 18.2. The van der Waals surface area contributed by atoms with Crippen molar-refractivity contribution in [2.24, 2.45) is 0 Å². The number of amides is 2. The number of aromatic nitrogens is 1. The summed E-state index contributed by atoms with van der Waals surface area (Å²) in [5, 5.41) is 19.3. The van der Waals surface area contributed by atoms with Crippen molar-refractivity contribution in [1.29, 1.82) is 5.26 Å². The summed E-state index contributed by atoms with van der Waals surface area (Å²) in [4.78, 5) is 27.8. The number of para-hydroxylation sites is 1. The summed E-state index contributed by atoms with van der Waals surface area (Å²) in [6, 6.07) is 17.4. The van der Waals surface area contributed by atoms with E-state index in [1.165, 1.54) is 10.9 Å². The number of nitriles is 1. The van der Waals surface area contributed by atoms with Gasteiger partial charge < -0.3 is 15.6 Å². The number of hydrogen-bond acceptors (Lipinski definition) is 5. The molecule has 4 N–H and O–H groups in total. The Bertz CT molecular complexity index is 1140. The molecule has 3 aromatic rings. The van der Waals surface area contributed by atoms with Gasteiger partial charge in [0.2, 0.25) is 11.8 Å². The molecular weight excluding hydrogens is 422 g/mol. The van der Waals surface area contributed by atoms with Crippen molar-refractivity contribution in [2.75, 3.05) is 6.54 Å². The van der Waals surface area contributed by atoms with Gasteiger partial charge in [0.05, 0.1) is 11.6 Å². The maximum atomic E-state index is 12.4. The summed E-state index contributed by atoms with van der Waals surface area (Å²) in [5.41, 5.74) is 3.71. The molecule has 4 rings (SSSR count). The van der Waals surface area contributed by atoms with Crippen molar-refractivity contribution >= 4 is 34.5 Å². The van der Waals surface area contributed by atoms with E-state index >= 15 is 0 Å². The van der Waals surface area contributed by atoms with Crippen LogP contribution in [0.3, 0.4) is 0 Å². The Labute approximate surface area is 191 Å². The van der Waals surface area contributed by atoms with Crippen LogP contribution in [0.4, 0.5) is 0 Å². The molecule has 0 aliphatic carbocycles. The maximum Gasteiger partial charge on any atom is 0.223 e. The first kappa shape index (κ1) is 21.9. The van der Waals surface area contributed by atoms with E-state index in [1.807, 2.05) is 36.5 Å². The quantitative estimate of drug-likeness (QED) is 0.425. The third-order valence-corrected chi connectivity index (χ3v) is 6.52. The van der Waals surface area contributed by atoms with Gasteiger partial charge in [-0.2, -0.15) is 5.26 Å². The summed E-state index contributed by atoms with van der Waals surface area (Å²) >= 11 is 1.55. The van der Waals surface area contributed by atoms with Gasteiger partial charge in [0.25, 0.3) is 0 Å². The Hall–Kier alpha value is -3.28. The van der Waals surface area contributed by atoms with Crippen molar-refractivity contribution in [1.82, 2.24) is 20.9 Å². The number of thioether (sulfide) groups is 1. The average Bonchev–Trinajstić information content (AvgIpc) is 3.21. The highest BCUT2D eigenvalue weighted by Gasteiger charge is 2.27. The lowest BCUT2D eigenvalue weighted by atomic mass is 10.1. The highest BCUT2D eigenvalue weighted by Crippen LogP contribution is 2.20. The molecule has 8 heteroatoms. The molecule has 1 fully saturated rings. The highest BCUT2D eigenvalue weighted by atomic mass is 32.2. The average molecular weight is 448 g/mol. The minimum atomic E-state index is -0.254. The number of aromatic amines is 1. The fourth-order valence-electron chi connectivity index (χ4n) is 3.79. The van der Waals surface area contributed by atoms with E-state index in [4.69, 9.17) is 5.26 Å². The molecule has 164 valence electrons. The second-order valence-corrected chi connectivity index (χ2v) is 8.89. The molecule has 2 atom stereocenters. The smallest absolute Gasteiger partial charge is 0.223 e. The lowest BCUT2D eigenvalue weighted by molar-refractivity contribution is -0.125. The lowest BCUT2D eigenvalue weighted by Crippen LogP contribution is -2.55. The van der Waals surface area contributed by atoms with E-state index in [0.717, 1.165) is 17.5 Å². The maximum absolute atomic E-state index is 12.4. The third kappa shape index (κ3) is 5.69. The fraction of sp³-hybridized carbons (Fsp3) is 0.292. The summed E-state index contributed by atoms with van der Waals surface area (Å²) in [6.07, 6.45) is 3.27. The Kier molecular flexibility index (Phi) is 7.10. The molecule has 1 aromatic heterocycles. The van der Waals surface area contributed by atoms with Crippen molar-refractivity contribution in [3.8, 4) is 6.07 Å². The van der Waals surface area contributed by atoms with Crippen molar-refractivity contribution < 1.29 is 9.59 Å². The zero-order chi connectivity index (χ0) is 22.3. The van der Waals surface area contributed by atoms with Crippen LogP contribution in [-0.2, 0) is 21.8 Å². The van der Waals surface area contributed by atoms with Crippen LogP contribution >= 0.6 is 11.8 Å². The summed E-state index contributed by atoms with van der Waals surface area (Å²) < 4.78 is 0. The van der Waals surface area contributed by atoms with Gasteiger partial charge in [0.15, 0.2) is 0 Å². The van der Waals surface area contributed by atoms with E-state index in [9.17, 15) is 9.59 Å². The molecule has 2 unspecified atom stereocenters. The zero-order valence-corrected chi connectivity index (χ0v) is 18.4. The third-order valence-electron chi connectivity index (χ3n) is 5.43. The van der Waals surface area contributed by atoms with Crippen LogP contribution in [-0.4, -0.2) is 34.9 Å². The van der Waals surface area contributed by atoms with E-state index in [-0.39, 0.29) is 36.2 Å². The molecule has 0 spiro atoms. The number of benzene rings is 2. The molecule has 0 saturated carbocycles. The highest BCUT2D eigenvalue weighted by molar-refractivity contribution is 7.99. The zero-order valence-electron chi connectivity index (χ0n) is 17.6. The van der Waals surface area contributed by atoms with Crippen LogP contribution in [0.15, 0.2) is 54.7 Å². The molecule has 32 heavy (non-hydrogen) atoms. The molecule has 0 radical (unpaired) electrons. The lowest BCUT2D eigenvalue weighted by Gasteiger charge is -2.31. The second-order valence-electron chi connectivity index (χ2n) is 7.80. The minimum Gasteiger partial charge on any atom is -0.361 e. The topological polar surface area (TPSA) is 110 Å². The first-order valence-corrected chi connectivity index (χ1v) is 11.6. The predicted octanol–water partition coefficient (Wildman–Crippen LogP) is 2.78. The second kappa shape index (κ2) is 10.4. The Balaban J connectivity index is 1.22. The molecular formula is C24H25N5O2S. The Morgan fingerprint density at radius 3 is 2.81 bits per heavy atom. The van der Waals surface area contributed by atoms with E-state index in [1.54, 1.807) is 23.9 Å². The minimum absolute atomic E-state index is 0.0577. The van der Waals surface area contributed by atoms with Gasteiger partial charge in [0.1, 0.15) is 5.50 Å².